The maximum atomic E-state index is 10.4. The first-order valence-electron chi connectivity index (χ1n) is 9.75. The van der Waals surface area contributed by atoms with E-state index in [1.165, 1.54) is 30.2 Å². The fourth-order valence-electron chi connectivity index (χ4n) is 3.27. The van der Waals surface area contributed by atoms with E-state index in [2.05, 4.69) is 29.2 Å². The third-order valence-corrected chi connectivity index (χ3v) is 5.76. The standard InChI is InChI=1S/C22H26N4OS/c1-25(14-17-8-4-2-5-9-17)15-20(27)16-28-22-23-21(18-12-13-18)26(24-22)19-10-6-3-7-11-19/h2-11,18,20,27H,12-16H2,1H3/t20-/m1/s1. The Hall–Kier alpha value is -2.15. The van der Waals surface area contributed by atoms with Crippen molar-refractivity contribution in [2.45, 2.75) is 36.6 Å². The Morgan fingerprint density at radius 1 is 1.11 bits per heavy atom. The van der Waals surface area contributed by atoms with Gasteiger partial charge in [-0.15, -0.1) is 5.10 Å². The number of aliphatic hydroxyl groups is 1. The van der Waals surface area contributed by atoms with Crippen molar-refractivity contribution < 1.29 is 5.11 Å². The molecular weight excluding hydrogens is 368 g/mol. The number of rotatable bonds is 9. The highest BCUT2D eigenvalue weighted by molar-refractivity contribution is 7.99. The number of hydrogen-bond acceptors (Lipinski definition) is 5. The number of likely N-dealkylation sites (N-methyl/N-ethyl adjacent to an activating group) is 1. The third kappa shape index (κ3) is 5.01. The number of thioether (sulfide) groups is 1. The van der Waals surface area contributed by atoms with Crippen LogP contribution in [-0.2, 0) is 6.54 Å². The monoisotopic (exact) mass is 394 g/mol. The lowest BCUT2D eigenvalue weighted by molar-refractivity contribution is 0.142. The van der Waals surface area contributed by atoms with Crippen molar-refractivity contribution in [2.24, 2.45) is 0 Å². The van der Waals surface area contributed by atoms with Gasteiger partial charge in [0.15, 0.2) is 0 Å². The number of nitrogens with zero attached hydrogens (tertiary/aromatic N) is 4. The highest BCUT2D eigenvalue weighted by Gasteiger charge is 2.30. The molecule has 1 heterocycles. The lowest BCUT2D eigenvalue weighted by Crippen LogP contribution is -2.30. The molecule has 0 spiro atoms. The highest BCUT2D eigenvalue weighted by Crippen LogP contribution is 2.40. The molecule has 5 nitrogen and oxygen atoms in total. The number of para-hydroxylation sites is 1. The predicted molar refractivity (Wildman–Crippen MR) is 113 cm³/mol. The molecule has 0 unspecified atom stereocenters. The van der Waals surface area contributed by atoms with Crippen molar-refractivity contribution in [3.63, 3.8) is 0 Å². The van der Waals surface area contributed by atoms with E-state index < -0.39 is 6.10 Å². The second-order valence-corrected chi connectivity index (χ2v) is 8.41. The highest BCUT2D eigenvalue weighted by atomic mass is 32.2. The Morgan fingerprint density at radius 2 is 1.79 bits per heavy atom. The van der Waals surface area contributed by atoms with E-state index in [0.717, 1.165) is 23.2 Å². The Balaban J connectivity index is 1.34. The maximum Gasteiger partial charge on any atom is 0.209 e. The van der Waals surface area contributed by atoms with Crippen LogP contribution in [-0.4, -0.2) is 50.2 Å². The molecule has 1 saturated carbocycles. The molecule has 28 heavy (non-hydrogen) atoms. The summed E-state index contributed by atoms with van der Waals surface area (Å²) in [4.78, 5) is 6.90. The molecule has 2 aromatic carbocycles. The minimum Gasteiger partial charge on any atom is -0.391 e. The average Bonchev–Trinajstić information content (AvgIpc) is 3.47. The van der Waals surface area contributed by atoms with Gasteiger partial charge in [0, 0.05) is 24.8 Å². The number of benzene rings is 2. The lowest BCUT2D eigenvalue weighted by atomic mass is 10.2. The van der Waals surface area contributed by atoms with Gasteiger partial charge in [0.25, 0.3) is 0 Å². The summed E-state index contributed by atoms with van der Waals surface area (Å²) in [5, 5.41) is 15.9. The van der Waals surface area contributed by atoms with E-state index in [4.69, 9.17) is 10.1 Å². The van der Waals surface area contributed by atoms with Crippen LogP contribution in [0.3, 0.4) is 0 Å². The number of aromatic nitrogens is 3. The molecule has 6 heteroatoms. The van der Waals surface area contributed by atoms with Gasteiger partial charge in [0.2, 0.25) is 5.16 Å². The smallest absolute Gasteiger partial charge is 0.209 e. The van der Waals surface area contributed by atoms with E-state index >= 15 is 0 Å². The average molecular weight is 395 g/mol. The summed E-state index contributed by atoms with van der Waals surface area (Å²) >= 11 is 1.53. The molecule has 4 rings (SSSR count). The number of aliphatic hydroxyl groups excluding tert-OH is 1. The van der Waals surface area contributed by atoms with Crippen LogP contribution < -0.4 is 0 Å². The fraction of sp³-hybridized carbons (Fsp3) is 0.364. The zero-order valence-corrected chi connectivity index (χ0v) is 16.9. The SMILES string of the molecule is CN(Cc1ccccc1)C[C@@H](O)CSc1nc(C2CC2)n(-c2ccccc2)n1. The quantitative estimate of drug-likeness (QED) is 0.561. The minimum absolute atomic E-state index is 0.424. The second kappa shape index (κ2) is 8.90. The summed E-state index contributed by atoms with van der Waals surface area (Å²) in [6.07, 6.45) is 1.94. The van der Waals surface area contributed by atoms with E-state index in [0.29, 0.717) is 18.2 Å². The first-order chi connectivity index (χ1) is 13.7. The summed E-state index contributed by atoms with van der Waals surface area (Å²) in [5.41, 5.74) is 2.30. The van der Waals surface area contributed by atoms with Crippen molar-refractivity contribution in [1.82, 2.24) is 19.7 Å². The van der Waals surface area contributed by atoms with Crippen molar-refractivity contribution in [3.8, 4) is 5.69 Å². The predicted octanol–water partition coefficient (Wildman–Crippen LogP) is 3.73. The van der Waals surface area contributed by atoms with Crippen LogP contribution >= 0.6 is 11.8 Å². The van der Waals surface area contributed by atoms with Crippen molar-refractivity contribution in [3.05, 3.63) is 72.1 Å². The van der Waals surface area contributed by atoms with Crippen LogP contribution in [0.15, 0.2) is 65.8 Å². The molecule has 1 atom stereocenters. The van der Waals surface area contributed by atoms with Gasteiger partial charge in [-0.1, -0.05) is 60.3 Å². The largest absolute Gasteiger partial charge is 0.391 e. The first-order valence-corrected chi connectivity index (χ1v) is 10.7. The van der Waals surface area contributed by atoms with Gasteiger partial charge in [-0.3, -0.25) is 4.90 Å². The van der Waals surface area contributed by atoms with Gasteiger partial charge in [-0.05, 0) is 37.6 Å². The van der Waals surface area contributed by atoms with Crippen LogP contribution in [0.4, 0.5) is 0 Å². The molecule has 1 aliphatic rings. The van der Waals surface area contributed by atoms with Crippen molar-refractivity contribution >= 4 is 11.8 Å². The van der Waals surface area contributed by atoms with Crippen LogP contribution in [0, 0.1) is 0 Å². The molecule has 0 saturated heterocycles. The molecule has 0 bridgehead atoms. The zero-order valence-electron chi connectivity index (χ0n) is 16.1. The molecule has 1 aliphatic carbocycles. The molecule has 0 aliphatic heterocycles. The van der Waals surface area contributed by atoms with Gasteiger partial charge in [-0.2, -0.15) is 0 Å². The molecule has 1 aromatic heterocycles. The van der Waals surface area contributed by atoms with Gasteiger partial charge in [0.05, 0.1) is 11.8 Å². The summed E-state index contributed by atoms with van der Waals surface area (Å²) in [7, 11) is 2.04. The summed E-state index contributed by atoms with van der Waals surface area (Å²) in [6, 6.07) is 20.5. The van der Waals surface area contributed by atoms with E-state index in [1.54, 1.807) is 0 Å². The number of hydrogen-bond donors (Lipinski definition) is 1. The normalized spacial score (nSPS) is 15.1. The summed E-state index contributed by atoms with van der Waals surface area (Å²) < 4.78 is 1.97. The Morgan fingerprint density at radius 3 is 2.46 bits per heavy atom. The molecule has 1 fully saturated rings. The minimum atomic E-state index is -0.424. The van der Waals surface area contributed by atoms with Gasteiger partial charge < -0.3 is 5.11 Å². The zero-order chi connectivity index (χ0) is 19.3. The second-order valence-electron chi connectivity index (χ2n) is 7.42. The van der Waals surface area contributed by atoms with E-state index in [9.17, 15) is 5.11 Å². The summed E-state index contributed by atoms with van der Waals surface area (Å²) in [5.74, 6) is 2.15. The fourth-order valence-corrected chi connectivity index (χ4v) is 4.02. The maximum absolute atomic E-state index is 10.4. The van der Waals surface area contributed by atoms with Gasteiger partial charge in [0.1, 0.15) is 5.82 Å². The molecule has 3 aromatic rings. The van der Waals surface area contributed by atoms with E-state index in [1.807, 2.05) is 48.1 Å². The topological polar surface area (TPSA) is 54.2 Å². The Bertz CT molecular complexity index is 880. The summed E-state index contributed by atoms with van der Waals surface area (Å²) in [6.45, 7) is 1.45. The molecule has 0 amide bonds. The van der Waals surface area contributed by atoms with Crippen LogP contribution in [0.5, 0.6) is 0 Å². The molecule has 0 radical (unpaired) electrons. The third-order valence-electron chi connectivity index (χ3n) is 4.78. The molecule has 146 valence electrons. The first kappa shape index (κ1) is 19.2. The van der Waals surface area contributed by atoms with Crippen molar-refractivity contribution in [1.29, 1.82) is 0 Å². The van der Waals surface area contributed by atoms with Crippen LogP contribution in [0.25, 0.3) is 5.69 Å². The van der Waals surface area contributed by atoms with E-state index in [-0.39, 0.29) is 0 Å². The molecular formula is C22H26N4OS. The Kier molecular flexibility index (Phi) is 6.10. The van der Waals surface area contributed by atoms with Crippen LogP contribution in [0.2, 0.25) is 0 Å². The Labute approximate surface area is 170 Å². The van der Waals surface area contributed by atoms with Crippen LogP contribution in [0.1, 0.15) is 30.1 Å². The molecule has 1 N–H and O–H groups in total. The van der Waals surface area contributed by atoms with Crippen molar-refractivity contribution in [2.75, 3.05) is 19.3 Å². The van der Waals surface area contributed by atoms with Gasteiger partial charge in [-0.25, -0.2) is 9.67 Å². The lowest BCUT2D eigenvalue weighted by Gasteiger charge is -2.20. The van der Waals surface area contributed by atoms with Gasteiger partial charge >= 0.3 is 0 Å².